The molecule has 0 aliphatic heterocycles. The molecule has 0 radical (unpaired) electrons. The fraction of sp³-hybridized carbons (Fsp3) is 0.143. The molecule has 0 bridgehead atoms. The number of hydrogen-bond acceptors (Lipinski definition) is 7. The summed E-state index contributed by atoms with van der Waals surface area (Å²) in [4.78, 5) is 0. The second-order valence-electron chi connectivity index (χ2n) is 3.29. The van der Waals surface area contributed by atoms with Crippen LogP contribution in [0.15, 0.2) is 18.6 Å². The molecule has 0 fully saturated rings. The highest BCUT2D eigenvalue weighted by atomic mass is 16.3. The van der Waals surface area contributed by atoms with E-state index in [0.29, 0.717) is 0 Å². The maximum atomic E-state index is 10.7. The van der Waals surface area contributed by atoms with Gasteiger partial charge in [-0.05, 0) is 0 Å². The molecule has 86 valence electrons. The van der Waals surface area contributed by atoms with Crippen molar-refractivity contribution in [1.82, 2.24) is 46.2 Å². The van der Waals surface area contributed by atoms with Gasteiger partial charge in [0.05, 0.1) is 0 Å². The van der Waals surface area contributed by atoms with Crippen LogP contribution in [0.5, 0.6) is 0 Å². The minimum Gasteiger partial charge on any atom is -0.372 e. The van der Waals surface area contributed by atoms with Crippen LogP contribution in [0.25, 0.3) is 0 Å². The first-order valence-electron chi connectivity index (χ1n) is 4.65. The van der Waals surface area contributed by atoms with Crippen LogP contribution < -0.4 is 0 Å². The lowest BCUT2D eigenvalue weighted by Crippen LogP contribution is -2.30. The van der Waals surface area contributed by atoms with Crippen molar-refractivity contribution < 1.29 is 5.11 Å². The third-order valence-electron chi connectivity index (χ3n) is 2.36. The number of aromatic nitrogens is 9. The van der Waals surface area contributed by atoms with E-state index in [1.165, 1.54) is 18.6 Å². The number of H-pyrrole nitrogens is 3. The summed E-state index contributed by atoms with van der Waals surface area (Å²) < 4.78 is 0. The van der Waals surface area contributed by atoms with Crippen molar-refractivity contribution in [3.63, 3.8) is 0 Å². The molecule has 3 aromatic rings. The first kappa shape index (κ1) is 9.59. The Bertz CT molecular complexity index is 485. The second kappa shape index (κ2) is 3.45. The lowest BCUT2D eigenvalue weighted by molar-refractivity contribution is 0.111. The van der Waals surface area contributed by atoms with Crippen LogP contribution in [-0.2, 0) is 5.60 Å². The summed E-state index contributed by atoms with van der Waals surface area (Å²) >= 11 is 0. The predicted octanol–water partition coefficient (Wildman–Crippen LogP) is -1.67. The lowest BCUT2D eigenvalue weighted by atomic mass is 9.93. The Morgan fingerprint density at radius 1 is 0.765 bits per heavy atom. The van der Waals surface area contributed by atoms with E-state index >= 15 is 0 Å². The SMILES string of the molecule is OC(c1c[nH]nn1)(c1c[nH]nn1)c1c[nH]nn1. The second-order valence-corrected chi connectivity index (χ2v) is 3.29. The third kappa shape index (κ3) is 1.31. The Labute approximate surface area is 93.5 Å². The largest absolute Gasteiger partial charge is 0.372 e. The molecule has 0 amide bonds. The summed E-state index contributed by atoms with van der Waals surface area (Å²) in [6, 6.07) is 0. The first-order chi connectivity index (χ1) is 8.32. The van der Waals surface area contributed by atoms with Gasteiger partial charge in [-0.25, -0.2) is 0 Å². The Morgan fingerprint density at radius 3 is 1.35 bits per heavy atom. The molecule has 4 N–H and O–H groups in total. The van der Waals surface area contributed by atoms with Gasteiger partial charge in [-0.15, -0.1) is 15.3 Å². The fourth-order valence-electron chi connectivity index (χ4n) is 1.53. The number of nitrogens with zero attached hydrogens (tertiary/aromatic N) is 6. The van der Waals surface area contributed by atoms with E-state index in [9.17, 15) is 5.11 Å². The molecule has 0 aliphatic rings. The molecule has 17 heavy (non-hydrogen) atoms. The van der Waals surface area contributed by atoms with Crippen molar-refractivity contribution in [2.75, 3.05) is 0 Å². The topological polar surface area (TPSA) is 145 Å². The smallest absolute Gasteiger partial charge is 0.201 e. The van der Waals surface area contributed by atoms with Crippen LogP contribution in [0.4, 0.5) is 0 Å². The summed E-state index contributed by atoms with van der Waals surface area (Å²) in [5, 5.41) is 40.3. The van der Waals surface area contributed by atoms with Gasteiger partial charge < -0.3 is 5.11 Å². The molecule has 3 rings (SSSR count). The molecule has 0 unspecified atom stereocenters. The molecule has 0 saturated heterocycles. The van der Waals surface area contributed by atoms with Crippen LogP contribution >= 0.6 is 0 Å². The average Bonchev–Trinajstić information content (AvgIpc) is 3.10. The van der Waals surface area contributed by atoms with E-state index in [4.69, 9.17) is 0 Å². The summed E-state index contributed by atoms with van der Waals surface area (Å²) in [6.07, 6.45) is 4.34. The van der Waals surface area contributed by atoms with E-state index in [2.05, 4.69) is 46.2 Å². The fourth-order valence-corrected chi connectivity index (χ4v) is 1.53. The minimum atomic E-state index is -1.65. The zero-order valence-corrected chi connectivity index (χ0v) is 8.36. The van der Waals surface area contributed by atoms with Crippen molar-refractivity contribution >= 4 is 0 Å². The molecule has 3 aromatic heterocycles. The monoisotopic (exact) mass is 233 g/mol. The van der Waals surface area contributed by atoms with Crippen LogP contribution in [-0.4, -0.2) is 51.3 Å². The van der Waals surface area contributed by atoms with Crippen LogP contribution in [0.1, 0.15) is 17.1 Å². The standard InChI is InChI=1S/C7H7N9O/c17-7(4-1-8-14-11-4,5-2-9-15-12-5)6-3-10-16-13-6/h1-3,17H,(H,8,11,14)(H,9,12,15)(H,10,13,16). The minimum absolute atomic E-state index is 0.250. The van der Waals surface area contributed by atoms with Gasteiger partial charge in [0.25, 0.3) is 0 Å². The molecule has 0 spiro atoms. The zero-order chi connectivity index (χ0) is 11.7. The summed E-state index contributed by atoms with van der Waals surface area (Å²) in [6.45, 7) is 0. The van der Waals surface area contributed by atoms with Gasteiger partial charge >= 0.3 is 0 Å². The summed E-state index contributed by atoms with van der Waals surface area (Å²) in [7, 11) is 0. The van der Waals surface area contributed by atoms with Crippen molar-refractivity contribution in [3.8, 4) is 0 Å². The molecule has 10 heteroatoms. The highest BCUT2D eigenvalue weighted by molar-refractivity contribution is 5.33. The molecule has 10 nitrogen and oxygen atoms in total. The first-order valence-corrected chi connectivity index (χ1v) is 4.65. The molecule has 0 saturated carbocycles. The predicted molar refractivity (Wildman–Crippen MR) is 51.2 cm³/mol. The van der Waals surface area contributed by atoms with Crippen molar-refractivity contribution in [2.45, 2.75) is 5.60 Å². The lowest BCUT2D eigenvalue weighted by Gasteiger charge is -2.19. The van der Waals surface area contributed by atoms with Gasteiger partial charge in [-0.1, -0.05) is 15.6 Å². The Morgan fingerprint density at radius 2 is 1.12 bits per heavy atom. The Balaban J connectivity index is 2.21. The average molecular weight is 233 g/mol. The maximum absolute atomic E-state index is 10.7. The van der Waals surface area contributed by atoms with E-state index in [1.54, 1.807) is 0 Å². The number of nitrogens with one attached hydrogen (secondary N) is 3. The highest BCUT2D eigenvalue weighted by Gasteiger charge is 2.41. The summed E-state index contributed by atoms with van der Waals surface area (Å²) in [5.74, 6) is 0. The Hall–Kier alpha value is -2.62. The normalized spacial score (nSPS) is 11.8. The van der Waals surface area contributed by atoms with Gasteiger partial charge in [-0.2, -0.15) is 0 Å². The molecule has 0 aromatic carbocycles. The molecule has 0 atom stereocenters. The van der Waals surface area contributed by atoms with Crippen LogP contribution in [0.2, 0.25) is 0 Å². The summed E-state index contributed by atoms with van der Waals surface area (Å²) in [5.41, 5.74) is -0.895. The third-order valence-corrected chi connectivity index (χ3v) is 2.36. The molecule has 3 heterocycles. The maximum Gasteiger partial charge on any atom is 0.201 e. The molecule has 0 aliphatic carbocycles. The quantitative estimate of drug-likeness (QED) is 0.423. The van der Waals surface area contributed by atoms with Crippen molar-refractivity contribution in [1.29, 1.82) is 0 Å². The highest BCUT2D eigenvalue weighted by Crippen LogP contribution is 2.31. The van der Waals surface area contributed by atoms with E-state index in [0.717, 1.165) is 0 Å². The van der Waals surface area contributed by atoms with E-state index in [1.807, 2.05) is 0 Å². The van der Waals surface area contributed by atoms with E-state index < -0.39 is 5.60 Å². The van der Waals surface area contributed by atoms with Gasteiger partial charge in [-0.3, -0.25) is 15.3 Å². The van der Waals surface area contributed by atoms with Gasteiger partial charge in [0.1, 0.15) is 17.1 Å². The number of hydrogen-bond donors (Lipinski definition) is 4. The van der Waals surface area contributed by atoms with Crippen molar-refractivity contribution in [2.24, 2.45) is 0 Å². The van der Waals surface area contributed by atoms with Crippen LogP contribution in [0, 0.1) is 0 Å². The number of aromatic amines is 3. The van der Waals surface area contributed by atoms with Gasteiger partial charge in [0.2, 0.25) is 5.60 Å². The molecular weight excluding hydrogens is 226 g/mol. The number of rotatable bonds is 3. The van der Waals surface area contributed by atoms with E-state index in [-0.39, 0.29) is 17.1 Å². The Kier molecular flexibility index (Phi) is 1.95. The van der Waals surface area contributed by atoms with Crippen molar-refractivity contribution in [3.05, 3.63) is 35.7 Å². The van der Waals surface area contributed by atoms with Gasteiger partial charge in [0, 0.05) is 18.6 Å². The number of aliphatic hydroxyl groups is 1. The zero-order valence-electron chi connectivity index (χ0n) is 8.36. The van der Waals surface area contributed by atoms with Gasteiger partial charge in [0.15, 0.2) is 0 Å². The van der Waals surface area contributed by atoms with Crippen LogP contribution in [0.3, 0.4) is 0 Å². The molecular formula is C7H7N9O.